The summed E-state index contributed by atoms with van der Waals surface area (Å²) in [5, 5.41) is 10.9. The maximum Gasteiger partial charge on any atom is 0.410 e. The molecule has 0 radical (unpaired) electrons. The first-order chi connectivity index (χ1) is 11.6. The van der Waals surface area contributed by atoms with Crippen LogP contribution in [0.2, 0.25) is 0 Å². The topological polar surface area (TPSA) is 49.8 Å². The lowest BCUT2D eigenvalue weighted by molar-refractivity contribution is -0.0884. The molecule has 2 aliphatic rings. The first kappa shape index (κ1) is 17.0. The summed E-state index contributed by atoms with van der Waals surface area (Å²) in [5.41, 5.74) is 0.329. The van der Waals surface area contributed by atoms with Crippen molar-refractivity contribution >= 4 is 6.09 Å². The molecule has 130 valence electrons. The molecule has 4 nitrogen and oxygen atoms in total. The number of allylic oxidation sites excluding steroid dienone is 1. The number of fused-ring (bicyclic) bond motifs is 2. The normalized spacial score (nSPS) is 29.1. The number of hydrogen-bond donors (Lipinski definition) is 1. The number of nitrogens with zero attached hydrogens (tertiary/aromatic N) is 1. The van der Waals surface area contributed by atoms with Gasteiger partial charge in [-0.25, -0.2) is 4.79 Å². The lowest BCUT2D eigenvalue weighted by atomic mass is 9.74. The van der Waals surface area contributed by atoms with Crippen LogP contribution in [0.5, 0.6) is 0 Å². The van der Waals surface area contributed by atoms with Crippen molar-refractivity contribution in [3.8, 4) is 0 Å². The molecule has 2 aliphatic heterocycles. The zero-order valence-electron chi connectivity index (χ0n) is 14.2. The third kappa shape index (κ3) is 3.81. The van der Waals surface area contributed by atoms with Gasteiger partial charge in [0.25, 0.3) is 0 Å². The van der Waals surface area contributed by atoms with E-state index in [4.69, 9.17) is 4.74 Å². The number of piperidine rings is 2. The van der Waals surface area contributed by atoms with Gasteiger partial charge in [0.05, 0.1) is 5.60 Å². The van der Waals surface area contributed by atoms with Crippen LogP contribution >= 0.6 is 0 Å². The minimum atomic E-state index is -0.667. The lowest BCUT2D eigenvalue weighted by Gasteiger charge is -2.51. The largest absolute Gasteiger partial charge is 0.445 e. The van der Waals surface area contributed by atoms with Gasteiger partial charge in [-0.15, -0.1) is 6.58 Å². The fourth-order valence-electron chi connectivity index (χ4n) is 4.19. The maximum atomic E-state index is 12.6. The number of aliphatic hydroxyl groups is 1. The Labute approximate surface area is 144 Å². The number of carbonyl (C=O) groups is 1. The van der Waals surface area contributed by atoms with Crippen molar-refractivity contribution in [3.05, 3.63) is 48.6 Å². The zero-order valence-corrected chi connectivity index (χ0v) is 14.2. The molecule has 2 heterocycles. The van der Waals surface area contributed by atoms with Crippen LogP contribution in [-0.4, -0.2) is 33.8 Å². The second kappa shape index (κ2) is 7.39. The van der Waals surface area contributed by atoms with Gasteiger partial charge in [0.2, 0.25) is 0 Å². The molecule has 0 saturated carbocycles. The quantitative estimate of drug-likeness (QED) is 0.830. The fourth-order valence-corrected chi connectivity index (χ4v) is 4.19. The maximum absolute atomic E-state index is 12.6. The van der Waals surface area contributed by atoms with E-state index in [0.29, 0.717) is 19.4 Å². The Morgan fingerprint density at radius 1 is 1.29 bits per heavy atom. The minimum Gasteiger partial charge on any atom is -0.445 e. The van der Waals surface area contributed by atoms with Gasteiger partial charge in [0.1, 0.15) is 6.61 Å². The Morgan fingerprint density at radius 2 is 1.96 bits per heavy atom. The first-order valence-corrected chi connectivity index (χ1v) is 8.93. The average molecular weight is 329 g/mol. The van der Waals surface area contributed by atoms with Gasteiger partial charge >= 0.3 is 6.09 Å². The minimum absolute atomic E-state index is 0.0931. The van der Waals surface area contributed by atoms with Gasteiger partial charge < -0.3 is 14.7 Å². The molecule has 24 heavy (non-hydrogen) atoms. The van der Waals surface area contributed by atoms with Crippen molar-refractivity contribution in [1.29, 1.82) is 0 Å². The van der Waals surface area contributed by atoms with Crippen molar-refractivity contribution in [1.82, 2.24) is 4.90 Å². The molecule has 4 heteroatoms. The molecular formula is C20H27NO3. The van der Waals surface area contributed by atoms with E-state index in [-0.39, 0.29) is 18.2 Å². The smallest absolute Gasteiger partial charge is 0.410 e. The van der Waals surface area contributed by atoms with Crippen LogP contribution in [0.3, 0.4) is 0 Å². The number of hydrogen-bond acceptors (Lipinski definition) is 3. The van der Waals surface area contributed by atoms with E-state index >= 15 is 0 Å². The molecule has 1 aromatic carbocycles. The molecule has 2 atom stereocenters. The van der Waals surface area contributed by atoms with Gasteiger partial charge in [-0.3, -0.25) is 0 Å². The standard InChI is InChI=1S/C20H27NO3/c1-2-3-12-20(23)13-17-10-7-11-18(14-20)21(17)19(22)24-15-16-8-5-4-6-9-16/h2,4-6,8-9,17-18,23H,1,3,7,10-15H2. The molecule has 0 aromatic heterocycles. The van der Waals surface area contributed by atoms with Gasteiger partial charge in [-0.1, -0.05) is 36.4 Å². The molecule has 2 fully saturated rings. The Morgan fingerprint density at radius 3 is 2.58 bits per heavy atom. The summed E-state index contributed by atoms with van der Waals surface area (Å²) in [6.45, 7) is 4.05. The number of benzene rings is 1. The SMILES string of the molecule is C=CCCC1(O)CC2CCCC(C1)N2C(=O)OCc1ccccc1. The Bertz CT molecular complexity index is 558. The predicted molar refractivity (Wildman–Crippen MR) is 93.5 cm³/mol. The Balaban J connectivity index is 1.63. The van der Waals surface area contributed by atoms with Gasteiger partial charge in [-0.2, -0.15) is 0 Å². The molecular weight excluding hydrogens is 302 g/mol. The highest BCUT2D eigenvalue weighted by atomic mass is 16.6. The van der Waals surface area contributed by atoms with Crippen LogP contribution in [0.4, 0.5) is 4.79 Å². The number of amides is 1. The van der Waals surface area contributed by atoms with E-state index in [2.05, 4.69) is 6.58 Å². The summed E-state index contributed by atoms with van der Waals surface area (Å²) >= 11 is 0. The van der Waals surface area contributed by atoms with Crippen molar-refractivity contribution in [2.45, 2.75) is 69.2 Å². The molecule has 2 unspecified atom stereocenters. The summed E-state index contributed by atoms with van der Waals surface area (Å²) in [6, 6.07) is 9.93. The second-order valence-electron chi connectivity index (χ2n) is 7.15. The highest BCUT2D eigenvalue weighted by Crippen LogP contribution is 2.41. The first-order valence-electron chi connectivity index (χ1n) is 8.93. The van der Waals surface area contributed by atoms with E-state index < -0.39 is 5.60 Å². The van der Waals surface area contributed by atoms with Crippen LogP contribution < -0.4 is 0 Å². The molecule has 1 aromatic rings. The number of carbonyl (C=O) groups excluding carboxylic acids is 1. The zero-order chi connectivity index (χ0) is 17.0. The fraction of sp³-hybridized carbons (Fsp3) is 0.550. The highest BCUT2D eigenvalue weighted by molar-refractivity contribution is 5.69. The molecule has 2 bridgehead atoms. The van der Waals surface area contributed by atoms with Crippen LogP contribution in [0, 0.1) is 0 Å². The van der Waals surface area contributed by atoms with Gasteiger partial charge in [0, 0.05) is 12.1 Å². The molecule has 2 saturated heterocycles. The predicted octanol–water partition coefficient (Wildman–Crippen LogP) is 4.04. The molecule has 0 spiro atoms. The third-order valence-corrected chi connectivity index (χ3v) is 5.32. The summed E-state index contributed by atoms with van der Waals surface area (Å²) in [4.78, 5) is 14.5. The molecule has 1 amide bonds. The summed E-state index contributed by atoms with van der Waals surface area (Å²) in [6.07, 6.45) is 7.49. The van der Waals surface area contributed by atoms with Crippen molar-refractivity contribution in [2.75, 3.05) is 0 Å². The Hall–Kier alpha value is -1.81. The monoisotopic (exact) mass is 329 g/mol. The summed E-state index contributed by atoms with van der Waals surface area (Å²) in [7, 11) is 0. The summed E-state index contributed by atoms with van der Waals surface area (Å²) < 4.78 is 5.54. The van der Waals surface area contributed by atoms with Crippen LogP contribution in [0.15, 0.2) is 43.0 Å². The van der Waals surface area contributed by atoms with E-state index in [9.17, 15) is 9.90 Å². The van der Waals surface area contributed by atoms with E-state index in [0.717, 1.165) is 37.7 Å². The van der Waals surface area contributed by atoms with Crippen molar-refractivity contribution < 1.29 is 14.6 Å². The molecule has 0 aliphatic carbocycles. The Kier molecular flexibility index (Phi) is 5.24. The number of rotatable bonds is 5. The van der Waals surface area contributed by atoms with Crippen LogP contribution in [0.1, 0.15) is 50.5 Å². The number of ether oxygens (including phenoxy) is 1. The third-order valence-electron chi connectivity index (χ3n) is 5.32. The summed E-state index contributed by atoms with van der Waals surface area (Å²) in [5.74, 6) is 0. The average Bonchev–Trinajstić information content (AvgIpc) is 2.58. The molecule has 1 N–H and O–H groups in total. The van der Waals surface area contributed by atoms with Gasteiger partial charge in [0.15, 0.2) is 0 Å². The highest BCUT2D eigenvalue weighted by Gasteiger charge is 2.47. The van der Waals surface area contributed by atoms with Crippen molar-refractivity contribution in [2.24, 2.45) is 0 Å². The van der Waals surface area contributed by atoms with Crippen LogP contribution in [-0.2, 0) is 11.3 Å². The molecule has 3 rings (SSSR count). The second-order valence-corrected chi connectivity index (χ2v) is 7.15. The van der Waals surface area contributed by atoms with Gasteiger partial charge in [-0.05, 0) is 50.5 Å². The van der Waals surface area contributed by atoms with E-state index in [1.807, 2.05) is 41.3 Å². The van der Waals surface area contributed by atoms with E-state index in [1.165, 1.54) is 0 Å². The lowest BCUT2D eigenvalue weighted by Crippen LogP contribution is -2.59. The van der Waals surface area contributed by atoms with Crippen molar-refractivity contribution in [3.63, 3.8) is 0 Å². The van der Waals surface area contributed by atoms with E-state index in [1.54, 1.807) is 0 Å². The van der Waals surface area contributed by atoms with Crippen LogP contribution in [0.25, 0.3) is 0 Å².